The number of amides is 4. The SMILES string of the molecule is CC(=O)NNC(=O)CSc1nnc(Cc2c(NC(=O)c3ccccc3)sc3c2CCCC3)n1NC(=O)c1ccc(Cl)cc1. The fraction of sp³-hybridized carbons (Fsp3) is 0.241. The third kappa shape index (κ3) is 7.61. The van der Waals surface area contributed by atoms with Crippen molar-refractivity contribution in [3.05, 3.63) is 92.6 Å². The van der Waals surface area contributed by atoms with E-state index in [0.29, 0.717) is 22.0 Å². The molecule has 0 fully saturated rings. The summed E-state index contributed by atoms with van der Waals surface area (Å²) in [7, 11) is 0. The summed E-state index contributed by atoms with van der Waals surface area (Å²) in [5.74, 6) is -1.17. The van der Waals surface area contributed by atoms with Crippen LogP contribution in [0.4, 0.5) is 5.00 Å². The van der Waals surface area contributed by atoms with Crippen molar-refractivity contribution in [2.24, 2.45) is 0 Å². The van der Waals surface area contributed by atoms with Crippen LogP contribution in [0, 0.1) is 0 Å². The molecule has 4 aromatic rings. The van der Waals surface area contributed by atoms with Crippen LogP contribution in [0.25, 0.3) is 0 Å². The van der Waals surface area contributed by atoms with Crippen LogP contribution >= 0.6 is 34.7 Å². The molecule has 2 aromatic carbocycles. The summed E-state index contributed by atoms with van der Waals surface area (Å²) in [6.07, 6.45) is 4.20. The van der Waals surface area contributed by atoms with Crippen molar-refractivity contribution in [1.82, 2.24) is 25.7 Å². The zero-order chi connectivity index (χ0) is 30.3. The number of carbonyl (C=O) groups excluding carboxylic acids is 4. The van der Waals surface area contributed by atoms with Gasteiger partial charge in [0.25, 0.3) is 11.8 Å². The number of carbonyl (C=O) groups is 4. The van der Waals surface area contributed by atoms with Gasteiger partial charge in [0.2, 0.25) is 17.0 Å². The molecule has 222 valence electrons. The van der Waals surface area contributed by atoms with Crippen molar-refractivity contribution < 1.29 is 19.2 Å². The molecule has 0 saturated carbocycles. The van der Waals surface area contributed by atoms with E-state index in [1.165, 1.54) is 22.0 Å². The highest BCUT2D eigenvalue weighted by Gasteiger charge is 2.26. The molecular weight excluding hydrogens is 610 g/mol. The van der Waals surface area contributed by atoms with Crippen LogP contribution in [-0.4, -0.2) is 44.3 Å². The molecule has 4 N–H and O–H groups in total. The Morgan fingerprint density at radius 2 is 1.65 bits per heavy atom. The average molecular weight is 638 g/mol. The Bertz CT molecular complexity index is 1660. The number of hydrogen-bond acceptors (Lipinski definition) is 8. The van der Waals surface area contributed by atoms with Gasteiger partial charge in [-0.25, -0.2) is 4.68 Å². The van der Waals surface area contributed by atoms with Crippen LogP contribution in [0.3, 0.4) is 0 Å². The van der Waals surface area contributed by atoms with E-state index in [2.05, 4.69) is 31.8 Å². The second kappa shape index (κ2) is 13.8. The Balaban J connectivity index is 1.45. The summed E-state index contributed by atoms with van der Waals surface area (Å²) in [6.45, 7) is 1.28. The highest BCUT2D eigenvalue weighted by atomic mass is 35.5. The molecule has 14 heteroatoms. The fourth-order valence-corrected chi connectivity index (χ4v) is 6.69. The normalized spacial score (nSPS) is 12.2. The lowest BCUT2D eigenvalue weighted by Gasteiger charge is -2.15. The minimum Gasteiger partial charge on any atom is -0.313 e. The number of fused-ring (bicyclic) bond motifs is 1. The van der Waals surface area contributed by atoms with Crippen LogP contribution in [-0.2, 0) is 28.9 Å². The van der Waals surface area contributed by atoms with E-state index in [0.717, 1.165) is 48.0 Å². The summed E-state index contributed by atoms with van der Waals surface area (Å²) in [4.78, 5) is 51.0. The molecule has 4 amide bonds. The Morgan fingerprint density at radius 3 is 2.40 bits per heavy atom. The van der Waals surface area contributed by atoms with Crippen LogP contribution in [0.15, 0.2) is 59.8 Å². The number of hydrogen-bond donors (Lipinski definition) is 4. The number of nitrogens with one attached hydrogen (secondary N) is 4. The molecule has 1 aliphatic rings. The van der Waals surface area contributed by atoms with Crippen LogP contribution < -0.4 is 21.6 Å². The number of nitrogens with zero attached hydrogens (tertiary/aromatic N) is 3. The van der Waals surface area contributed by atoms with E-state index < -0.39 is 17.7 Å². The number of aryl methyl sites for hydroxylation is 1. The first-order valence-electron chi connectivity index (χ1n) is 13.5. The van der Waals surface area contributed by atoms with Gasteiger partial charge in [-0.3, -0.25) is 35.5 Å². The predicted molar refractivity (Wildman–Crippen MR) is 166 cm³/mol. The molecule has 0 bridgehead atoms. The highest BCUT2D eigenvalue weighted by molar-refractivity contribution is 7.99. The fourth-order valence-electron chi connectivity index (χ4n) is 4.55. The highest BCUT2D eigenvalue weighted by Crippen LogP contribution is 2.39. The first-order valence-corrected chi connectivity index (χ1v) is 15.7. The molecule has 2 heterocycles. The Kier molecular flexibility index (Phi) is 9.75. The van der Waals surface area contributed by atoms with Gasteiger partial charge < -0.3 is 5.32 Å². The molecule has 0 radical (unpaired) electrons. The number of aromatic nitrogens is 3. The Hall–Kier alpha value is -4.20. The number of thioether (sulfide) groups is 1. The number of anilines is 1. The van der Waals surface area contributed by atoms with Gasteiger partial charge in [-0.15, -0.1) is 21.5 Å². The van der Waals surface area contributed by atoms with Gasteiger partial charge in [0.1, 0.15) is 0 Å². The lowest BCUT2D eigenvalue weighted by molar-refractivity contribution is -0.126. The van der Waals surface area contributed by atoms with E-state index in [1.807, 2.05) is 18.2 Å². The first kappa shape index (κ1) is 30.3. The molecule has 1 aliphatic carbocycles. The third-order valence-electron chi connectivity index (χ3n) is 6.61. The molecular formula is C29H28ClN7O4S2. The van der Waals surface area contributed by atoms with Gasteiger partial charge in [-0.2, -0.15) is 0 Å². The van der Waals surface area contributed by atoms with Crippen LogP contribution in [0.1, 0.15) is 62.3 Å². The van der Waals surface area contributed by atoms with Gasteiger partial charge in [-0.05, 0) is 73.2 Å². The van der Waals surface area contributed by atoms with Crippen molar-refractivity contribution in [2.75, 3.05) is 16.5 Å². The number of hydrazine groups is 1. The second-order valence-electron chi connectivity index (χ2n) is 9.72. The summed E-state index contributed by atoms with van der Waals surface area (Å²) in [5, 5.41) is 13.2. The zero-order valence-corrected chi connectivity index (χ0v) is 25.5. The van der Waals surface area contributed by atoms with Gasteiger partial charge in [0.15, 0.2) is 5.82 Å². The lowest BCUT2D eigenvalue weighted by atomic mass is 9.94. The van der Waals surface area contributed by atoms with Gasteiger partial charge >= 0.3 is 0 Å². The molecule has 0 unspecified atom stereocenters. The topological polar surface area (TPSA) is 147 Å². The second-order valence-corrected chi connectivity index (χ2v) is 12.2. The quantitative estimate of drug-likeness (QED) is 0.158. The maximum absolute atomic E-state index is 13.2. The monoisotopic (exact) mass is 637 g/mol. The molecule has 43 heavy (non-hydrogen) atoms. The zero-order valence-electron chi connectivity index (χ0n) is 23.1. The molecule has 0 saturated heterocycles. The van der Waals surface area contributed by atoms with Crippen molar-refractivity contribution in [3.63, 3.8) is 0 Å². The number of benzene rings is 2. The standard InChI is InChI=1S/C29H28ClN7O4S2/c1-17(38)32-34-25(39)16-42-29-35-33-24(37(29)36-27(41)19-11-13-20(30)14-12-19)15-22-21-9-5-6-10-23(21)43-28(22)31-26(40)18-7-3-2-4-8-18/h2-4,7-8,11-14H,5-6,9-10,15-16H2,1H3,(H,31,40)(H,32,38)(H,34,39)(H,36,41). The minimum atomic E-state index is -0.460. The molecule has 0 spiro atoms. The predicted octanol–water partition coefficient (Wildman–Crippen LogP) is 4.36. The van der Waals surface area contributed by atoms with Crippen molar-refractivity contribution in [2.45, 2.75) is 44.2 Å². The summed E-state index contributed by atoms with van der Waals surface area (Å²) in [5.41, 5.74) is 10.4. The van der Waals surface area contributed by atoms with Gasteiger partial charge in [0.05, 0.1) is 10.8 Å². The Morgan fingerprint density at radius 1 is 0.930 bits per heavy atom. The van der Waals surface area contributed by atoms with E-state index >= 15 is 0 Å². The van der Waals surface area contributed by atoms with Crippen molar-refractivity contribution in [3.8, 4) is 0 Å². The molecule has 11 nitrogen and oxygen atoms in total. The summed E-state index contributed by atoms with van der Waals surface area (Å²) >= 11 is 8.61. The number of halogens is 1. The summed E-state index contributed by atoms with van der Waals surface area (Å²) in [6, 6.07) is 15.4. The van der Waals surface area contributed by atoms with E-state index in [1.54, 1.807) is 47.7 Å². The average Bonchev–Trinajstić information content (AvgIpc) is 3.55. The summed E-state index contributed by atoms with van der Waals surface area (Å²) < 4.78 is 1.46. The third-order valence-corrected chi connectivity index (χ3v) is 9.04. The van der Waals surface area contributed by atoms with Crippen LogP contribution in [0.2, 0.25) is 5.02 Å². The largest absolute Gasteiger partial charge is 0.313 e. The van der Waals surface area contributed by atoms with E-state index in [9.17, 15) is 19.2 Å². The Labute approximate surface area is 260 Å². The number of thiophene rings is 1. The smallest absolute Gasteiger partial charge is 0.270 e. The molecule has 0 aliphatic heterocycles. The molecule has 5 rings (SSSR count). The van der Waals surface area contributed by atoms with Gasteiger partial charge in [0, 0.05) is 34.4 Å². The maximum atomic E-state index is 13.2. The lowest BCUT2D eigenvalue weighted by Crippen LogP contribution is -2.41. The molecule has 0 atom stereocenters. The van der Waals surface area contributed by atoms with E-state index in [4.69, 9.17) is 11.6 Å². The minimum absolute atomic E-state index is 0.0958. The van der Waals surface area contributed by atoms with E-state index in [-0.39, 0.29) is 23.2 Å². The molecule has 2 aromatic heterocycles. The van der Waals surface area contributed by atoms with Crippen LogP contribution in [0.5, 0.6) is 0 Å². The van der Waals surface area contributed by atoms with Gasteiger partial charge in [-0.1, -0.05) is 41.6 Å². The first-order chi connectivity index (χ1) is 20.8. The maximum Gasteiger partial charge on any atom is 0.270 e. The van der Waals surface area contributed by atoms with Crippen molar-refractivity contribution >= 4 is 63.3 Å². The van der Waals surface area contributed by atoms with Crippen molar-refractivity contribution in [1.29, 1.82) is 0 Å². The number of rotatable bonds is 9.